The average Bonchev–Trinajstić information content (AvgIpc) is 2.46. The minimum absolute atomic E-state index is 0.357. The van der Waals surface area contributed by atoms with Gasteiger partial charge < -0.3 is 15.8 Å². The first-order valence-electron chi connectivity index (χ1n) is 6.73. The molecule has 0 aliphatic carbocycles. The van der Waals surface area contributed by atoms with Crippen molar-refractivity contribution in [2.45, 2.75) is 13.3 Å². The molecule has 1 aromatic heterocycles. The van der Waals surface area contributed by atoms with Crippen LogP contribution in [0.25, 0.3) is 10.9 Å². The summed E-state index contributed by atoms with van der Waals surface area (Å²) in [7, 11) is 0. The van der Waals surface area contributed by atoms with E-state index in [0.29, 0.717) is 4.99 Å². The maximum atomic E-state index is 5.78. The van der Waals surface area contributed by atoms with E-state index in [9.17, 15) is 0 Å². The lowest BCUT2D eigenvalue weighted by Crippen LogP contribution is -2.15. The number of nitrogens with zero attached hydrogens (tertiary/aromatic N) is 1. The van der Waals surface area contributed by atoms with Crippen LogP contribution in [0.4, 0.5) is 5.69 Å². The summed E-state index contributed by atoms with van der Waals surface area (Å²) in [4.78, 5) is 4.75. The van der Waals surface area contributed by atoms with E-state index < -0.39 is 0 Å². The normalized spacial score (nSPS) is 10.7. The maximum Gasteiger partial charge on any atom is 0.107 e. The summed E-state index contributed by atoms with van der Waals surface area (Å²) in [5, 5.41) is 4.45. The van der Waals surface area contributed by atoms with Crippen molar-refractivity contribution in [1.29, 1.82) is 0 Å². The number of thiocarbonyl (C=S) groups is 1. The van der Waals surface area contributed by atoms with E-state index in [1.807, 2.05) is 31.2 Å². The molecule has 2 aromatic rings. The van der Waals surface area contributed by atoms with Crippen molar-refractivity contribution >= 4 is 33.8 Å². The number of hydrogen-bond acceptors (Lipinski definition) is 4. The van der Waals surface area contributed by atoms with Gasteiger partial charge in [0.15, 0.2) is 0 Å². The van der Waals surface area contributed by atoms with Gasteiger partial charge in [-0.15, -0.1) is 0 Å². The molecular formula is C15H19N3OS. The van der Waals surface area contributed by atoms with Gasteiger partial charge in [0.05, 0.1) is 16.8 Å². The Hall–Kier alpha value is -1.72. The lowest BCUT2D eigenvalue weighted by molar-refractivity contribution is 0.147. The average molecular weight is 289 g/mol. The van der Waals surface area contributed by atoms with Gasteiger partial charge in [-0.1, -0.05) is 30.4 Å². The lowest BCUT2D eigenvalue weighted by Gasteiger charge is -2.14. The van der Waals surface area contributed by atoms with Crippen molar-refractivity contribution in [2.75, 3.05) is 25.1 Å². The molecule has 0 aliphatic rings. The van der Waals surface area contributed by atoms with Gasteiger partial charge in [-0.2, -0.15) is 0 Å². The zero-order valence-corrected chi connectivity index (χ0v) is 12.4. The summed E-state index contributed by atoms with van der Waals surface area (Å²) in [6.07, 6.45) is 2.66. The van der Waals surface area contributed by atoms with E-state index >= 15 is 0 Å². The summed E-state index contributed by atoms with van der Waals surface area (Å²) in [6.45, 7) is 4.30. The second-order valence-electron chi connectivity index (χ2n) is 4.41. The number of benzene rings is 1. The van der Waals surface area contributed by atoms with Crippen molar-refractivity contribution in [2.24, 2.45) is 5.73 Å². The number of fused-ring (bicyclic) bond motifs is 1. The van der Waals surface area contributed by atoms with Crippen LogP contribution in [-0.2, 0) is 4.74 Å². The van der Waals surface area contributed by atoms with Crippen LogP contribution in [0.15, 0.2) is 30.5 Å². The number of nitrogens with one attached hydrogen (secondary N) is 1. The first-order valence-corrected chi connectivity index (χ1v) is 7.14. The van der Waals surface area contributed by atoms with E-state index in [0.717, 1.165) is 48.3 Å². The van der Waals surface area contributed by atoms with Gasteiger partial charge in [-0.25, -0.2) is 0 Å². The Morgan fingerprint density at radius 3 is 2.95 bits per heavy atom. The fraction of sp³-hybridized carbons (Fsp3) is 0.333. The van der Waals surface area contributed by atoms with Crippen LogP contribution in [0.3, 0.4) is 0 Å². The summed E-state index contributed by atoms with van der Waals surface area (Å²) in [5.41, 5.74) is 8.46. The van der Waals surface area contributed by atoms with Crippen LogP contribution in [0, 0.1) is 0 Å². The first kappa shape index (κ1) is 14.7. The molecule has 4 nitrogen and oxygen atoms in total. The van der Waals surface area contributed by atoms with Gasteiger partial charge in [-0.05, 0) is 19.4 Å². The predicted octanol–water partition coefficient (Wildman–Crippen LogP) is 2.71. The molecule has 0 saturated carbocycles. The van der Waals surface area contributed by atoms with Gasteiger partial charge in [0, 0.05) is 31.3 Å². The van der Waals surface area contributed by atoms with E-state index in [1.165, 1.54) is 0 Å². The quantitative estimate of drug-likeness (QED) is 0.606. The van der Waals surface area contributed by atoms with Gasteiger partial charge >= 0.3 is 0 Å². The molecule has 0 fully saturated rings. The molecule has 0 aliphatic heterocycles. The van der Waals surface area contributed by atoms with Crippen molar-refractivity contribution in [3.63, 3.8) is 0 Å². The van der Waals surface area contributed by atoms with Gasteiger partial charge in [0.25, 0.3) is 0 Å². The second-order valence-corrected chi connectivity index (χ2v) is 4.85. The number of rotatable bonds is 7. The fourth-order valence-corrected chi connectivity index (χ4v) is 2.21. The zero-order chi connectivity index (χ0) is 14.4. The fourth-order valence-electron chi connectivity index (χ4n) is 2.05. The molecular weight excluding hydrogens is 270 g/mol. The van der Waals surface area contributed by atoms with Crippen molar-refractivity contribution in [1.82, 2.24) is 4.98 Å². The number of nitrogens with two attached hydrogens (primary N) is 1. The Labute approximate surface area is 124 Å². The van der Waals surface area contributed by atoms with Crippen molar-refractivity contribution < 1.29 is 4.74 Å². The minimum Gasteiger partial charge on any atom is -0.389 e. The Kier molecular flexibility index (Phi) is 5.26. The van der Waals surface area contributed by atoms with Crippen molar-refractivity contribution in [3.8, 4) is 0 Å². The van der Waals surface area contributed by atoms with Gasteiger partial charge in [-0.3, -0.25) is 4.98 Å². The number of ether oxygens (including phenoxy) is 1. The number of anilines is 1. The van der Waals surface area contributed by atoms with E-state index in [-0.39, 0.29) is 0 Å². The standard InChI is InChI=1S/C15H19N3OS/c1-2-19-9-5-8-17-14-11-6-3-4-7-13(11)18-10-12(14)15(16)20/h3-4,6-7,10H,2,5,8-9H2,1H3,(H2,16,20)(H,17,18). The van der Waals surface area contributed by atoms with Gasteiger partial charge in [0.2, 0.25) is 0 Å². The molecule has 0 bridgehead atoms. The maximum absolute atomic E-state index is 5.78. The number of pyridine rings is 1. The smallest absolute Gasteiger partial charge is 0.107 e. The topological polar surface area (TPSA) is 60.2 Å². The highest BCUT2D eigenvalue weighted by molar-refractivity contribution is 7.80. The summed E-state index contributed by atoms with van der Waals surface area (Å²) < 4.78 is 5.33. The molecule has 0 amide bonds. The molecule has 3 N–H and O–H groups in total. The minimum atomic E-state index is 0.357. The molecule has 20 heavy (non-hydrogen) atoms. The van der Waals surface area contributed by atoms with Crippen LogP contribution in [0.5, 0.6) is 0 Å². The summed E-state index contributed by atoms with van der Waals surface area (Å²) in [5.74, 6) is 0. The molecule has 0 radical (unpaired) electrons. The Bertz CT molecular complexity index is 601. The molecule has 1 aromatic carbocycles. The number of aromatic nitrogens is 1. The zero-order valence-electron chi connectivity index (χ0n) is 11.6. The molecule has 0 unspecified atom stereocenters. The molecule has 2 rings (SSSR count). The molecule has 106 valence electrons. The highest BCUT2D eigenvalue weighted by Gasteiger charge is 2.10. The summed E-state index contributed by atoms with van der Waals surface area (Å²) in [6, 6.07) is 7.95. The lowest BCUT2D eigenvalue weighted by atomic mass is 10.1. The highest BCUT2D eigenvalue weighted by atomic mass is 32.1. The molecule has 1 heterocycles. The third-order valence-electron chi connectivity index (χ3n) is 3.01. The third kappa shape index (κ3) is 3.43. The first-order chi connectivity index (χ1) is 9.74. The van der Waals surface area contributed by atoms with Crippen LogP contribution in [0.1, 0.15) is 18.9 Å². The van der Waals surface area contributed by atoms with Crippen LogP contribution >= 0.6 is 12.2 Å². The Morgan fingerprint density at radius 2 is 2.20 bits per heavy atom. The van der Waals surface area contributed by atoms with Crippen LogP contribution < -0.4 is 11.1 Å². The van der Waals surface area contributed by atoms with E-state index in [4.69, 9.17) is 22.7 Å². The SMILES string of the molecule is CCOCCCNc1c(C(N)=S)cnc2ccccc12. The van der Waals surface area contributed by atoms with E-state index in [2.05, 4.69) is 10.3 Å². The monoisotopic (exact) mass is 289 g/mol. The largest absolute Gasteiger partial charge is 0.389 e. The summed E-state index contributed by atoms with van der Waals surface area (Å²) >= 11 is 5.11. The Balaban J connectivity index is 2.23. The Morgan fingerprint density at radius 1 is 1.40 bits per heavy atom. The van der Waals surface area contributed by atoms with E-state index in [1.54, 1.807) is 6.20 Å². The van der Waals surface area contributed by atoms with Crippen LogP contribution in [0.2, 0.25) is 0 Å². The predicted molar refractivity (Wildman–Crippen MR) is 87.2 cm³/mol. The number of para-hydroxylation sites is 1. The third-order valence-corrected chi connectivity index (χ3v) is 3.23. The molecule has 5 heteroatoms. The number of hydrogen-bond donors (Lipinski definition) is 2. The van der Waals surface area contributed by atoms with Crippen molar-refractivity contribution in [3.05, 3.63) is 36.0 Å². The van der Waals surface area contributed by atoms with Gasteiger partial charge in [0.1, 0.15) is 4.99 Å². The molecule has 0 saturated heterocycles. The second kappa shape index (κ2) is 7.17. The molecule has 0 spiro atoms. The van der Waals surface area contributed by atoms with Crippen LogP contribution in [-0.4, -0.2) is 29.7 Å². The highest BCUT2D eigenvalue weighted by Crippen LogP contribution is 2.25. The molecule has 0 atom stereocenters.